The molecule has 0 saturated carbocycles. The molecule has 0 N–H and O–H groups in total. The molecule has 1 aliphatic rings. The summed E-state index contributed by atoms with van der Waals surface area (Å²) in [5.74, 6) is 0. The second-order valence-corrected chi connectivity index (χ2v) is 4.59. The molecule has 100 valence electrons. The van der Waals surface area contributed by atoms with E-state index in [4.69, 9.17) is 4.74 Å². The first-order valence-electron chi connectivity index (χ1n) is 6.65. The number of ether oxygens (including phenoxy) is 1. The Morgan fingerprint density at radius 3 is 3.05 bits per heavy atom. The monoisotopic (exact) mass is 258 g/mol. The lowest BCUT2D eigenvalue weighted by Gasteiger charge is -2.20. The standard InChI is InChI=1S/C15H18N2O2/c1-2-19-7-3-5-17-6-4-13-8-12(11-18)9-14(10-16)15(13)17/h8-9,11H,2-7H2,1H3. The van der Waals surface area contributed by atoms with Crippen molar-refractivity contribution >= 4 is 12.0 Å². The fourth-order valence-electron chi connectivity index (χ4n) is 2.53. The molecule has 0 aromatic heterocycles. The second kappa shape index (κ2) is 6.35. The van der Waals surface area contributed by atoms with Gasteiger partial charge < -0.3 is 9.64 Å². The van der Waals surface area contributed by atoms with Crippen molar-refractivity contribution in [2.24, 2.45) is 0 Å². The number of aldehydes is 1. The Labute approximate surface area is 113 Å². The number of hydrogen-bond donors (Lipinski definition) is 0. The van der Waals surface area contributed by atoms with Gasteiger partial charge in [0.15, 0.2) is 0 Å². The van der Waals surface area contributed by atoms with Crippen LogP contribution in [0.25, 0.3) is 0 Å². The molecular weight excluding hydrogens is 240 g/mol. The molecule has 19 heavy (non-hydrogen) atoms. The lowest BCUT2D eigenvalue weighted by Crippen LogP contribution is -2.23. The number of benzene rings is 1. The lowest BCUT2D eigenvalue weighted by molar-refractivity contribution is 0.112. The van der Waals surface area contributed by atoms with Crippen LogP contribution in [-0.2, 0) is 11.2 Å². The number of nitrogens with zero attached hydrogens (tertiary/aromatic N) is 2. The maximum atomic E-state index is 10.9. The molecule has 0 bridgehead atoms. The molecule has 2 rings (SSSR count). The van der Waals surface area contributed by atoms with E-state index >= 15 is 0 Å². The summed E-state index contributed by atoms with van der Waals surface area (Å²) in [7, 11) is 0. The van der Waals surface area contributed by atoms with Crippen molar-refractivity contribution in [1.29, 1.82) is 5.26 Å². The van der Waals surface area contributed by atoms with E-state index in [1.807, 2.05) is 13.0 Å². The van der Waals surface area contributed by atoms with Crippen molar-refractivity contribution in [2.45, 2.75) is 19.8 Å². The highest BCUT2D eigenvalue weighted by molar-refractivity contribution is 5.80. The highest BCUT2D eigenvalue weighted by atomic mass is 16.5. The normalized spacial score (nSPS) is 13.2. The Bertz CT molecular complexity index is 506. The fourth-order valence-corrected chi connectivity index (χ4v) is 2.53. The average molecular weight is 258 g/mol. The third kappa shape index (κ3) is 2.94. The molecule has 1 heterocycles. The summed E-state index contributed by atoms with van der Waals surface area (Å²) in [6.45, 7) is 5.28. The van der Waals surface area contributed by atoms with Gasteiger partial charge in [0.2, 0.25) is 0 Å². The summed E-state index contributed by atoms with van der Waals surface area (Å²) >= 11 is 0. The predicted octanol–water partition coefficient (Wildman–Crippen LogP) is 2.16. The Balaban J connectivity index is 2.14. The van der Waals surface area contributed by atoms with Gasteiger partial charge in [0, 0.05) is 31.9 Å². The van der Waals surface area contributed by atoms with Crippen molar-refractivity contribution in [1.82, 2.24) is 0 Å². The number of carbonyl (C=O) groups is 1. The molecule has 1 aliphatic heterocycles. The van der Waals surface area contributed by atoms with Crippen LogP contribution in [0.1, 0.15) is 34.8 Å². The molecule has 0 spiro atoms. The number of nitriles is 1. The SMILES string of the molecule is CCOCCCN1CCc2cc(C=O)cc(C#N)c21. The van der Waals surface area contributed by atoms with Crippen LogP contribution in [0.2, 0.25) is 0 Å². The van der Waals surface area contributed by atoms with Crippen molar-refractivity contribution in [3.63, 3.8) is 0 Å². The minimum Gasteiger partial charge on any atom is -0.382 e. The summed E-state index contributed by atoms with van der Waals surface area (Å²) in [4.78, 5) is 13.1. The van der Waals surface area contributed by atoms with E-state index in [2.05, 4.69) is 11.0 Å². The molecule has 0 fully saturated rings. The van der Waals surface area contributed by atoms with Gasteiger partial charge in [-0.3, -0.25) is 4.79 Å². The van der Waals surface area contributed by atoms with Gasteiger partial charge in [-0.15, -0.1) is 0 Å². The Kier molecular flexibility index (Phi) is 4.53. The number of fused-ring (bicyclic) bond motifs is 1. The maximum absolute atomic E-state index is 10.9. The molecule has 1 aromatic carbocycles. The maximum Gasteiger partial charge on any atom is 0.150 e. The van der Waals surface area contributed by atoms with Crippen molar-refractivity contribution in [3.8, 4) is 6.07 Å². The van der Waals surface area contributed by atoms with Gasteiger partial charge >= 0.3 is 0 Å². The summed E-state index contributed by atoms with van der Waals surface area (Å²) in [6.07, 6.45) is 2.66. The van der Waals surface area contributed by atoms with Gasteiger partial charge in [-0.1, -0.05) is 0 Å². The van der Waals surface area contributed by atoms with Crippen LogP contribution in [0.15, 0.2) is 12.1 Å². The minimum atomic E-state index is 0.589. The van der Waals surface area contributed by atoms with Gasteiger partial charge in [0.05, 0.1) is 11.3 Å². The number of rotatable bonds is 6. The highest BCUT2D eigenvalue weighted by Crippen LogP contribution is 2.32. The number of carbonyl (C=O) groups excluding carboxylic acids is 1. The van der Waals surface area contributed by atoms with Crippen molar-refractivity contribution in [2.75, 3.05) is 31.2 Å². The zero-order valence-corrected chi connectivity index (χ0v) is 11.2. The van der Waals surface area contributed by atoms with Crippen LogP contribution in [0.4, 0.5) is 5.69 Å². The minimum absolute atomic E-state index is 0.589. The predicted molar refractivity (Wildman–Crippen MR) is 73.6 cm³/mol. The molecule has 0 amide bonds. The van der Waals surface area contributed by atoms with Gasteiger partial charge in [0.1, 0.15) is 12.4 Å². The molecule has 4 nitrogen and oxygen atoms in total. The van der Waals surface area contributed by atoms with Crippen LogP contribution < -0.4 is 4.90 Å². The summed E-state index contributed by atoms with van der Waals surface area (Å²) in [5, 5.41) is 9.23. The Hall–Kier alpha value is -1.86. The van der Waals surface area contributed by atoms with Crippen LogP contribution in [0.3, 0.4) is 0 Å². The largest absolute Gasteiger partial charge is 0.382 e. The molecule has 0 atom stereocenters. The Morgan fingerprint density at radius 1 is 1.53 bits per heavy atom. The van der Waals surface area contributed by atoms with Crippen LogP contribution in [0.5, 0.6) is 0 Å². The summed E-state index contributed by atoms with van der Waals surface area (Å²) < 4.78 is 5.34. The number of anilines is 1. The summed E-state index contributed by atoms with van der Waals surface area (Å²) in [6, 6.07) is 5.77. The van der Waals surface area contributed by atoms with Gasteiger partial charge in [0.25, 0.3) is 0 Å². The zero-order valence-electron chi connectivity index (χ0n) is 11.2. The zero-order chi connectivity index (χ0) is 13.7. The highest BCUT2D eigenvalue weighted by Gasteiger charge is 2.22. The lowest BCUT2D eigenvalue weighted by atomic mass is 10.0. The van der Waals surface area contributed by atoms with Crippen LogP contribution in [0, 0.1) is 11.3 Å². The third-order valence-corrected chi connectivity index (χ3v) is 3.36. The average Bonchev–Trinajstić information content (AvgIpc) is 2.85. The van der Waals surface area contributed by atoms with Gasteiger partial charge in [-0.2, -0.15) is 5.26 Å². The van der Waals surface area contributed by atoms with E-state index < -0.39 is 0 Å². The van der Waals surface area contributed by atoms with E-state index in [-0.39, 0.29) is 0 Å². The van der Waals surface area contributed by atoms with Gasteiger partial charge in [-0.05, 0) is 37.5 Å². The van der Waals surface area contributed by atoms with Crippen LogP contribution >= 0.6 is 0 Å². The molecular formula is C15H18N2O2. The van der Waals surface area contributed by atoms with E-state index in [1.165, 1.54) is 0 Å². The second-order valence-electron chi connectivity index (χ2n) is 4.59. The van der Waals surface area contributed by atoms with E-state index in [1.54, 1.807) is 6.07 Å². The molecule has 4 heteroatoms. The van der Waals surface area contributed by atoms with Crippen molar-refractivity contribution in [3.05, 3.63) is 28.8 Å². The first-order chi connectivity index (χ1) is 9.30. The van der Waals surface area contributed by atoms with E-state index in [0.29, 0.717) is 11.1 Å². The molecule has 0 aliphatic carbocycles. The third-order valence-electron chi connectivity index (χ3n) is 3.36. The molecule has 0 radical (unpaired) electrons. The summed E-state index contributed by atoms with van der Waals surface area (Å²) in [5.41, 5.74) is 3.31. The van der Waals surface area contributed by atoms with E-state index in [9.17, 15) is 10.1 Å². The van der Waals surface area contributed by atoms with Crippen LogP contribution in [-0.4, -0.2) is 32.6 Å². The topological polar surface area (TPSA) is 53.3 Å². The number of hydrogen-bond acceptors (Lipinski definition) is 4. The molecule has 1 aromatic rings. The molecule has 0 unspecified atom stereocenters. The smallest absolute Gasteiger partial charge is 0.150 e. The first-order valence-corrected chi connectivity index (χ1v) is 6.65. The fraction of sp³-hybridized carbons (Fsp3) is 0.467. The first kappa shape index (κ1) is 13.6. The molecule has 0 saturated heterocycles. The quantitative estimate of drug-likeness (QED) is 0.579. The van der Waals surface area contributed by atoms with Gasteiger partial charge in [-0.25, -0.2) is 0 Å². The van der Waals surface area contributed by atoms with E-state index in [0.717, 1.165) is 56.7 Å². The van der Waals surface area contributed by atoms with Crippen molar-refractivity contribution < 1.29 is 9.53 Å². The Morgan fingerprint density at radius 2 is 2.37 bits per heavy atom.